The highest BCUT2D eigenvalue weighted by molar-refractivity contribution is 7.89. The first-order valence-corrected chi connectivity index (χ1v) is 10.5. The number of hydrogen-bond acceptors (Lipinski definition) is 5. The fourth-order valence-corrected chi connectivity index (χ4v) is 5.87. The molecule has 8 heteroatoms. The molecule has 1 unspecified atom stereocenters. The SMILES string of the molecule is CN(c1ncnc2[nH]ccc12)C1CN(S(=O)(=O)c2ccccc2)CC12CC2. The molecule has 27 heavy (non-hydrogen) atoms. The van der Waals surface area contributed by atoms with E-state index in [9.17, 15) is 8.42 Å². The van der Waals surface area contributed by atoms with Crippen LogP contribution in [0.5, 0.6) is 0 Å². The van der Waals surface area contributed by atoms with Gasteiger partial charge in [0.05, 0.1) is 16.3 Å². The summed E-state index contributed by atoms with van der Waals surface area (Å²) in [7, 11) is -1.47. The largest absolute Gasteiger partial charge is 0.354 e. The highest BCUT2D eigenvalue weighted by Gasteiger charge is 2.59. The Bertz CT molecular complexity index is 1090. The minimum atomic E-state index is -3.48. The van der Waals surface area contributed by atoms with E-state index in [0.717, 1.165) is 29.7 Å². The van der Waals surface area contributed by atoms with Crippen LogP contribution in [0.2, 0.25) is 0 Å². The summed E-state index contributed by atoms with van der Waals surface area (Å²) in [6.45, 7) is 1.05. The first-order valence-electron chi connectivity index (χ1n) is 9.07. The Morgan fingerprint density at radius 1 is 1.19 bits per heavy atom. The average molecular weight is 383 g/mol. The smallest absolute Gasteiger partial charge is 0.243 e. The molecule has 5 rings (SSSR count). The molecule has 1 saturated heterocycles. The number of benzene rings is 1. The summed E-state index contributed by atoms with van der Waals surface area (Å²) < 4.78 is 27.8. The quantitative estimate of drug-likeness (QED) is 0.747. The van der Waals surface area contributed by atoms with Gasteiger partial charge in [-0.05, 0) is 31.0 Å². The van der Waals surface area contributed by atoms with Gasteiger partial charge in [-0.2, -0.15) is 4.31 Å². The van der Waals surface area contributed by atoms with Crippen molar-refractivity contribution in [2.24, 2.45) is 5.41 Å². The van der Waals surface area contributed by atoms with E-state index in [1.807, 2.05) is 25.4 Å². The molecule has 1 spiro atoms. The van der Waals surface area contributed by atoms with Gasteiger partial charge in [0.15, 0.2) is 0 Å². The molecule has 140 valence electrons. The molecule has 1 aromatic carbocycles. The Morgan fingerprint density at radius 3 is 2.70 bits per heavy atom. The second kappa shape index (κ2) is 5.77. The standard InChI is InChI=1S/C19H21N5O2S/c1-23(18-15-7-10-20-17(15)21-13-22-18)16-11-24(12-19(16)8-9-19)27(25,26)14-5-3-2-4-6-14/h2-7,10,13,16H,8-9,11-12H2,1H3,(H,20,21,22). The lowest BCUT2D eigenvalue weighted by Gasteiger charge is -2.30. The maximum Gasteiger partial charge on any atom is 0.243 e. The van der Waals surface area contributed by atoms with Crippen molar-refractivity contribution in [3.05, 3.63) is 48.9 Å². The number of hydrogen-bond donors (Lipinski definition) is 1. The zero-order chi connectivity index (χ0) is 18.6. The second-order valence-electron chi connectivity index (χ2n) is 7.54. The van der Waals surface area contributed by atoms with Crippen LogP contribution in [0.4, 0.5) is 5.82 Å². The van der Waals surface area contributed by atoms with E-state index in [0.29, 0.717) is 18.0 Å². The summed E-state index contributed by atoms with van der Waals surface area (Å²) in [5.41, 5.74) is 0.813. The van der Waals surface area contributed by atoms with Gasteiger partial charge in [0, 0.05) is 31.7 Å². The fraction of sp³-hybridized carbons (Fsp3) is 0.368. The van der Waals surface area contributed by atoms with Gasteiger partial charge in [-0.15, -0.1) is 0 Å². The van der Waals surface area contributed by atoms with Crippen molar-refractivity contribution >= 4 is 26.9 Å². The maximum atomic E-state index is 13.1. The van der Waals surface area contributed by atoms with Crippen LogP contribution >= 0.6 is 0 Å². The van der Waals surface area contributed by atoms with E-state index < -0.39 is 10.0 Å². The molecule has 7 nitrogen and oxygen atoms in total. The summed E-state index contributed by atoms with van der Waals surface area (Å²) in [6.07, 6.45) is 5.50. The van der Waals surface area contributed by atoms with E-state index in [1.165, 1.54) is 0 Å². The normalized spacial score (nSPS) is 21.7. The fourth-order valence-electron chi connectivity index (χ4n) is 4.30. The number of H-pyrrole nitrogens is 1. The molecule has 2 aliphatic rings. The van der Waals surface area contributed by atoms with E-state index in [2.05, 4.69) is 19.9 Å². The van der Waals surface area contributed by atoms with E-state index in [1.54, 1.807) is 34.9 Å². The van der Waals surface area contributed by atoms with Crippen LogP contribution in [0.3, 0.4) is 0 Å². The Labute approximate surface area is 158 Å². The number of nitrogens with zero attached hydrogens (tertiary/aromatic N) is 4. The summed E-state index contributed by atoms with van der Waals surface area (Å²) in [5, 5.41) is 0.958. The average Bonchev–Trinajstić information content (AvgIpc) is 3.12. The molecule has 1 saturated carbocycles. The predicted molar refractivity (Wildman–Crippen MR) is 103 cm³/mol. The van der Waals surface area contributed by atoms with Gasteiger partial charge >= 0.3 is 0 Å². The number of nitrogens with one attached hydrogen (secondary N) is 1. The van der Waals surface area contributed by atoms with Crippen molar-refractivity contribution in [3.8, 4) is 0 Å². The van der Waals surface area contributed by atoms with Gasteiger partial charge < -0.3 is 9.88 Å². The zero-order valence-corrected chi connectivity index (χ0v) is 15.9. The predicted octanol–water partition coefficient (Wildman–Crippen LogP) is 2.25. The molecule has 1 N–H and O–H groups in total. The van der Waals surface area contributed by atoms with Crippen molar-refractivity contribution in [3.63, 3.8) is 0 Å². The molecule has 0 radical (unpaired) electrons. The molecule has 0 bridgehead atoms. The lowest BCUT2D eigenvalue weighted by Crippen LogP contribution is -2.40. The monoisotopic (exact) mass is 383 g/mol. The lowest BCUT2D eigenvalue weighted by molar-refractivity contribution is 0.446. The maximum absolute atomic E-state index is 13.1. The molecule has 3 aromatic rings. The summed E-state index contributed by atoms with van der Waals surface area (Å²) in [6, 6.07) is 10.8. The molecule has 1 aliphatic carbocycles. The molecule has 1 atom stereocenters. The molecule has 1 aliphatic heterocycles. The number of likely N-dealkylation sites (N-methyl/N-ethyl adjacent to an activating group) is 1. The van der Waals surface area contributed by atoms with E-state index in [4.69, 9.17) is 0 Å². The van der Waals surface area contributed by atoms with Crippen LogP contribution < -0.4 is 4.90 Å². The van der Waals surface area contributed by atoms with Crippen molar-refractivity contribution in [1.82, 2.24) is 19.3 Å². The Kier molecular flexibility index (Phi) is 3.57. The minimum Gasteiger partial charge on any atom is -0.354 e. The topological polar surface area (TPSA) is 82.2 Å². The van der Waals surface area contributed by atoms with Gasteiger partial charge in [0.25, 0.3) is 0 Å². The van der Waals surface area contributed by atoms with Crippen LogP contribution in [0.15, 0.2) is 53.8 Å². The van der Waals surface area contributed by atoms with Crippen molar-refractivity contribution in [1.29, 1.82) is 0 Å². The Balaban J connectivity index is 1.49. The van der Waals surface area contributed by atoms with Crippen molar-refractivity contribution in [2.45, 2.75) is 23.8 Å². The van der Waals surface area contributed by atoms with Gasteiger partial charge in [-0.3, -0.25) is 0 Å². The molecular formula is C19H21N5O2S. The zero-order valence-electron chi connectivity index (χ0n) is 15.0. The second-order valence-corrected chi connectivity index (χ2v) is 9.47. The molecule has 2 fully saturated rings. The summed E-state index contributed by atoms with van der Waals surface area (Å²) in [4.78, 5) is 14.4. The van der Waals surface area contributed by atoms with Crippen molar-refractivity contribution in [2.75, 3.05) is 25.0 Å². The number of aromatic amines is 1. The first-order chi connectivity index (χ1) is 13.0. The molecule has 2 aromatic heterocycles. The third kappa shape index (κ3) is 2.55. The van der Waals surface area contributed by atoms with Gasteiger partial charge in [0.1, 0.15) is 17.8 Å². The van der Waals surface area contributed by atoms with E-state index >= 15 is 0 Å². The number of anilines is 1. The van der Waals surface area contributed by atoms with Crippen molar-refractivity contribution < 1.29 is 8.42 Å². The van der Waals surface area contributed by atoms with Crippen LogP contribution in [0, 0.1) is 5.41 Å². The molecular weight excluding hydrogens is 362 g/mol. The molecule has 0 amide bonds. The van der Waals surface area contributed by atoms with Gasteiger partial charge in [-0.25, -0.2) is 18.4 Å². The Morgan fingerprint density at radius 2 is 1.96 bits per heavy atom. The van der Waals surface area contributed by atoms with Crippen LogP contribution in [0.1, 0.15) is 12.8 Å². The number of sulfonamides is 1. The number of rotatable bonds is 4. The Hall–Kier alpha value is -2.45. The van der Waals surface area contributed by atoms with E-state index in [-0.39, 0.29) is 11.5 Å². The van der Waals surface area contributed by atoms with Gasteiger partial charge in [-0.1, -0.05) is 18.2 Å². The highest BCUT2D eigenvalue weighted by atomic mass is 32.2. The first kappa shape index (κ1) is 16.7. The number of fused-ring (bicyclic) bond motifs is 1. The number of aromatic nitrogens is 3. The molecule has 3 heterocycles. The van der Waals surface area contributed by atoms with Crippen LogP contribution in [-0.4, -0.2) is 53.9 Å². The minimum absolute atomic E-state index is 0.0180. The summed E-state index contributed by atoms with van der Waals surface area (Å²) in [5.74, 6) is 0.844. The summed E-state index contributed by atoms with van der Waals surface area (Å²) >= 11 is 0. The third-order valence-corrected chi connectivity index (χ3v) is 7.81. The van der Waals surface area contributed by atoms with Crippen LogP contribution in [-0.2, 0) is 10.0 Å². The third-order valence-electron chi connectivity index (χ3n) is 5.98. The van der Waals surface area contributed by atoms with Crippen LogP contribution in [0.25, 0.3) is 11.0 Å². The highest BCUT2D eigenvalue weighted by Crippen LogP contribution is 2.55. The van der Waals surface area contributed by atoms with Gasteiger partial charge in [0.2, 0.25) is 10.0 Å². The lowest BCUT2D eigenvalue weighted by atomic mass is 9.99.